The summed E-state index contributed by atoms with van der Waals surface area (Å²) in [5.74, 6) is 5.20. The topological polar surface area (TPSA) is 72.2 Å². The monoisotopic (exact) mass is 276 g/mol. The van der Waals surface area contributed by atoms with Gasteiger partial charge in [-0.2, -0.15) is 13.2 Å². The smallest absolute Gasteiger partial charge is 0.376 e. The van der Waals surface area contributed by atoms with E-state index in [4.69, 9.17) is 10.6 Å². The van der Waals surface area contributed by atoms with Gasteiger partial charge in [-0.3, -0.25) is 0 Å². The third-order valence-electron chi connectivity index (χ3n) is 2.84. The van der Waals surface area contributed by atoms with Crippen molar-refractivity contribution in [3.63, 3.8) is 0 Å². The van der Waals surface area contributed by atoms with Gasteiger partial charge < -0.3 is 15.5 Å². The Balaban J connectivity index is 2.10. The molecule has 1 aliphatic rings. The van der Waals surface area contributed by atoms with Crippen molar-refractivity contribution in [2.45, 2.75) is 25.1 Å². The molecule has 0 bridgehead atoms. The predicted molar refractivity (Wildman–Crippen MR) is 64.5 cm³/mol. The number of hydrogen-bond donors (Lipinski definition) is 3. The number of hydrogen-bond acceptors (Lipinski definition) is 5. The van der Waals surface area contributed by atoms with Crippen molar-refractivity contribution in [2.75, 3.05) is 23.9 Å². The van der Waals surface area contributed by atoms with Crippen molar-refractivity contribution in [1.82, 2.24) is 4.98 Å². The van der Waals surface area contributed by atoms with Gasteiger partial charge in [0.15, 0.2) is 0 Å². The fourth-order valence-electron chi connectivity index (χ4n) is 1.88. The zero-order valence-electron chi connectivity index (χ0n) is 10.1. The van der Waals surface area contributed by atoms with Crippen molar-refractivity contribution in [3.05, 3.63) is 17.7 Å². The Hall–Kier alpha value is -1.54. The van der Waals surface area contributed by atoms with Crippen LogP contribution in [-0.4, -0.2) is 24.2 Å². The Morgan fingerprint density at radius 3 is 2.68 bits per heavy atom. The van der Waals surface area contributed by atoms with E-state index >= 15 is 0 Å². The third kappa shape index (κ3) is 3.71. The molecule has 1 aromatic heterocycles. The van der Waals surface area contributed by atoms with Crippen molar-refractivity contribution < 1.29 is 17.9 Å². The predicted octanol–water partition coefficient (Wildman–Crippen LogP) is 1.98. The van der Waals surface area contributed by atoms with Gasteiger partial charge in [-0.1, -0.05) is 0 Å². The first-order chi connectivity index (χ1) is 8.99. The molecule has 0 spiro atoms. The lowest BCUT2D eigenvalue weighted by molar-refractivity contribution is -0.137. The van der Waals surface area contributed by atoms with Crippen LogP contribution in [0.15, 0.2) is 12.1 Å². The van der Waals surface area contributed by atoms with Gasteiger partial charge in [0.25, 0.3) is 0 Å². The zero-order valence-corrected chi connectivity index (χ0v) is 10.1. The molecule has 2 rings (SSSR count). The lowest BCUT2D eigenvalue weighted by Crippen LogP contribution is -2.20. The van der Waals surface area contributed by atoms with Crippen molar-refractivity contribution in [1.29, 1.82) is 0 Å². The van der Waals surface area contributed by atoms with Gasteiger partial charge >= 0.3 is 6.18 Å². The molecule has 8 heteroatoms. The van der Waals surface area contributed by atoms with Crippen molar-refractivity contribution in [3.8, 4) is 0 Å². The standard InChI is InChI=1S/C11H15F3N4O/c12-11(13,14)7-4-9(17-10(5-7)18-15)16-6-8-2-1-3-19-8/h4-5,8H,1-3,6,15H2,(H2,16,17,18). The molecule has 0 amide bonds. The van der Waals surface area contributed by atoms with Crippen LogP contribution in [0.5, 0.6) is 0 Å². The van der Waals surface area contributed by atoms with Gasteiger partial charge in [-0.05, 0) is 25.0 Å². The first-order valence-electron chi connectivity index (χ1n) is 5.90. The number of halogens is 3. The highest BCUT2D eigenvalue weighted by Crippen LogP contribution is 2.31. The Morgan fingerprint density at radius 1 is 1.37 bits per heavy atom. The number of hydrazine groups is 1. The van der Waals surface area contributed by atoms with Crippen LogP contribution in [-0.2, 0) is 10.9 Å². The molecule has 0 aliphatic carbocycles. The minimum Gasteiger partial charge on any atom is -0.376 e. The van der Waals surface area contributed by atoms with E-state index in [0.29, 0.717) is 13.2 Å². The molecular weight excluding hydrogens is 261 g/mol. The number of nitrogens with zero attached hydrogens (tertiary/aromatic N) is 1. The summed E-state index contributed by atoms with van der Waals surface area (Å²) < 4.78 is 43.4. The Morgan fingerprint density at radius 2 is 2.11 bits per heavy atom. The lowest BCUT2D eigenvalue weighted by Gasteiger charge is -2.14. The highest BCUT2D eigenvalue weighted by molar-refractivity contribution is 5.49. The van der Waals surface area contributed by atoms with Crippen LogP contribution in [0, 0.1) is 0 Å². The van der Waals surface area contributed by atoms with Crippen molar-refractivity contribution in [2.24, 2.45) is 5.84 Å². The normalized spacial score (nSPS) is 19.5. The first-order valence-corrected chi connectivity index (χ1v) is 5.90. The largest absolute Gasteiger partial charge is 0.416 e. The average Bonchev–Trinajstić information content (AvgIpc) is 2.88. The molecule has 4 N–H and O–H groups in total. The van der Waals surface area contributed by atoms with Gasteiger partial charge in [0.05, 0.1) is 11.7 Å². The van der Waals surface area contributed by atoms with Crippen molar-refractivity contribution >= 4 is 11.6 Å². The molecule has 1 fully saturated rings. The average molecular weight is 276 g/mol. The highest BCUT2D eigenvalue weighted by Gasteiger charge is 2.31. The number of rotatable bonds is 4. The van der Waals surface area contributed by atoms with Crippen LogP contribution in [0.4, 0.5) is 24.8 Å². The second-order valence-corrected chi connectivity index (χ2v) is 4.28. The second-order valence-electron chi connectivity index (χ2n) is 4.28. The Labute approximate surface area is 108 Å². The molecule has 0 aromatic carbocycles. The number of ether oxygens (including phenoxy) is 1. The maximum Gasteiger partial charge on any atom is 0.416 e. The molecule has 5 nitrogen and oxygen atoms in total. The number of nitrogen functional groups attached to an aromatic ring is 1. The second kappa shape index (κ2) is 5.62. The third-order valence-corrected chi connectivity index (χ3v) is 2.84. The summed E-state index contributed by atoms with van der Waals surface area (Å²) in [6, 6.07) is 1.81. The summed E-state index contributed by atoms with van der Waals surface area (Å²) in [7, 11) is 0. The van der Waals surface area contributed by atoms with Crippen LogP contribution >= 0.6 is 0 Å². The molecule has 1 unspecified atom stereocenters. The minimum atomic E-state index is -4.44. The molecule has 19 heavy (non-hydrogen) atoms. The van der Waals surface area contributed by atoms with Crippen LogP contribution in [0.2, 0.25) is 0 Å². The van der Waals surface area contributed by atoms with E-state index in [1.165, 1.54) is 0 Å². The van der Waals surface area contributed by atoms with E-state index in [0.717, 1.165) is 25.0 Å². The van der Waals surface area contributed by atoms with E-state index in [1.807, 2.05) is 0 Å². The maximum absolute atomic E-state index is 12.7. The summed E-state index contributed by atoms with van der Waals surface area (Å²) in [4.78, 5) is 3.92. The fourth-order valence-corrected chi connectivity index (χ4v) is 1.88. The molecule has 0 saturated carbocycles. The van der Waals surface area contributed by atoms with E-state index in [1.54, 1.807) is 0 Å². The number of alkyl halides is 3. The fraction of sp³-hybridized carbons (Fsp3) is 0.545. The minimum absolute atomic E-state index is 0.0191. The number of nitrogens with one attached hydrogen (secondary N) is 2. The van der Waals surface area contributed by atoms with Gasteiger partial charge in [0.2, 0.25) is 0 Å². The molecule has 1 aromatic rings. The number of pyridine rings is 1. The molecule has 1 saturated heterocycles. The molecule has 0 radical (unpaired) electrons. The van der Waals surface area contributed by atoms with E-state index in [2.05, 4.69) is 15.7 Å². The van der Waals surface area contributed by atoms with Crippen LogP contribution in [0.25, 0.3) is 0 Å². The number of aromatic nitrogens is 1. The van der Waals surface area contributed by atoms with Gasteiger partial charge in [0.1, 0.15) is 11.6 Å². The lowest BCUT2D eigenvalue weighted by atomic mass is 10.2. The van der Waals surface area contributed by atoms with E-state index < -0.39 is 11.7 Å². The summed E-state index contributed by atoms with van der Waals surface area (Å²) in [6.07, 6.45) is -2.55. The summed E-state index contributed by atoms with van der Waals surface area (Å²) >= 11 is 0. The Bertz CT molecular complexity index is 432. The maximum atomic E-state index is 12.7. The highest BCUT2D eigenvalue weighted by atomic mass is 19.4. The summed E-state index contributed by atoms with van der Waals surface area (Å²) in [6.45, 7) is 1.12. The van der Waals surface area contributed by atoms with Crippen LogP contribution < -0.4 is 16.6 Å². The molecule has 1 aliphatic heterocycles. The zero-order chi connectivity index (χ0) is 13.9. The molecular formula is C11H15F3N4O. The van der Waals surface area contributed by atoms with E-state index in [-0.39, 0.29) is 17.7 Å². The Kier molecular flexibility index (Phi) is 4.11. The van der Waals surface area contributed by atoms with Crippen LogP contribution in [0.1, 0.15) is 18.4 Å². The van der Waals surface area contributed by atoms with Gasteiger partial charge in [-0.25, -0.2) is 10.8 Å². The molecule has 106 valence electrons. The quantitative estimate of drug-likeness (QED) is 0.579. The first kappa shape index (κ1) is 13.9. The van der Waals surface area contributed by atoms with Gasteiger partial charge in [-0.15, -0.1) is 0 Å². The summed E-state index contributed by atoms with van der Waals surface area (Å²) in [5.41, 5.74) is 1.32. The molecule has 1 atom stereocenters. The van der Waals surface area contributed by atoms with Gasteiger partial charge in [0, 0.05) is 13.2 Å². The summed E-state index contributed by atoms with van der Waals surface area (Å²) in [5, 5.41) is 2.84. The SMILES string of the molecule is NNc1cc(C(F)(F)F)cc(NCC2CCCO2)n1. The number of anilines is 2. The van der Waals surface area contributed by atoms with E-state index in [9.17, 15) is 13.2 Å². The van der Waals surface area contributed by atoms with Crippen LogP contribution in [0.3, 0.4) is 0 Å². The number of nitrogens with two attached hydrogens (primary N) is 1. The molecule has 2 heterocycles.